The zero-order chi connectivity index (χ0) is 21.4. The summed E-state index contributed by atoms with van der Waals surface area (Å²) in [4.78, 5) is 11.5. The lowest BCUT2D eigenvalue weighted by Gasteiger charge is -2.31. The van der Waals surface area contributed by atoms with Gasteiger partial charge >= 0.3 is 0 Å². The van der Waals surface area contributed by atoms with Crippen LogP contribution >= 0.6 is 11.3 Å². The number of aromatic nitrogens is 1. The molecule has 172 valence electrons. The highest BCUT2D eigenvalue weighted by Gasteiger charge is 2.20. The first-order valence-electron chi connectivity index (χ1n) is 11.5. The van der Waals surface area contributed by atoms with Crippen molar-refractivity contribution < 1.29 is 9.47 Å². The van der Waals surface area contributed by atoms with Crippen LogP contribution in [0.1, 0.15) is 50.2 Å². The molecule has 0 spiro atoms. The smallest absolute Gasteiger partial charge is 0.191 e. The summed E-state index contributed by atoms with van der Waals surface area (Å²) in [6, 6.07) is 0. The maximum Gasteiger partial charge on any atom is 0.191 e. The van der Waals surface area contributed by atoms with Crippen molar-refractivity contribution in [1.29, 1.82) is 0 Å². The Morgan fingerprint density at radius 1 is 1.17 bits per heavy atom. The van der Waals surface area contributed by atoms with Gasteiger partial charge in [-0.15, -0.1) is 11.3 Å². The van der Waals surface area contributed by atoms with Gasteiger partial charge in [0.1, 0.15) is 0 Å². The van der Waals surface area contributed by atoms with Gasteiger partial charge in [-0.1, -0.05) is 20.3 Å². The highest BCUT2D eigenvalue weighted by Crippen LogP contribution is 2.19. The number of unbranched alkanes of at least 4 members (excludes halogenated alkanes) is 1. The highest BCUT2D eigenvalue weighted by molar-refractivity contribution is 7.09. The van der Waals surface area contributed by atoms with E-state index < -0.39 is 0 Å². The lowest BCUT2D eigenvalue weighted by molar-refractivity contribution is 0.0487. The number of piperidine rings is 1. The zero-order valence-electron chi connectivity index (χ0n) is 19.1. The molecule has 30 heavy (non-hydrogen) atoms. The maximum absolute atomic E-state index is 5.59. The first-order chi connectivity index (χ1) is 14.7. The number of aliphatic imine (C=N–C) groups is 1. The SMILES string of the molecule is CCCCOCCOCCNC(=NC)NCC1CCN(Cc2csc(CC)n2)CC1. The number of thiazole rings is 1. The van der Waals surface area contributed by atoms with E-state index in [1.54, 1.807) is 11.3 Å². The molecule has 0 radical (unpaired) electrons. The van der Waals surface area contributed by atoms with Crippen LogP contribution in [0.25, 0.3) is 0 Å². The van der Waals surface area contributed by atoms with E-state index in [2.05, 4.69) is 39.8 Å². The van der Waals surface area contributed by atoms with E-state index >= 15 is 0 Å². The Morgan fingerprint density at radius 3 is 2.60 bits per heavy atom. The van der Waals surface area contributed by atoms with Gasteiger partial charge in [0.15, 0.2) is 5.96 Å². The molecule has 0 amide bonds. The van der Waals surface area contributed by atoms with Crippen LogP contribution in [0.15, 0.2) is 10.4 Å². The molecule has 1 aliphatic heterocycles. The van der Waals surface area contributed by atoms with E-state index in [1.807, 2.05) is 7.05 Å². The predicted molar refractivity (Wildman–Crippen MR) is 125 cm³/mol. The van der Waals surface area contributed by atoms with E-state index in [0.717, 1.165) is 58.1 Å². The minimum atomic E-state index is 0.649. The van der Waals surface area contributed by atoms with Crippen LogP contribution in [0.5, 0.6) is 0 Å². The molecule has 1 aliphatic rings. The van der Waals surface area contributed by atoms with Crippen LogP contribution in [-0.2, 0) is 22.4 Å². The summed E-state index contributed by atoms with van der Waals surface area (Å²) in [7, 11) is 1.82. The standard InChI is InChI=1S/C22H41N5O2S/c1-4-6-12-28-14-15-29-13-9-24-22(23-3)25-16-19-7-10-27(11-8-19)17-20-18-30-21(5-2)26-20/h18-19H,4-17H2,1-3H3,(H2,23,24,25). The molecule has 1 aromatic heterocycles. The third-order valence-corrected chi connectivity index (χ3v) is 6.37. The number of hydrogen-bond donors (Lipinski definition) is 2. The molecule has 1 saturated heterocycles. The van der Waals surface area contributed by atoms with Crippen molar-refractivity contribution in [2.75, 3.05) is 59.7 Å². The number of nitrogens with one attached hydrogen (secondary N) is 2. The highest BCUT2D eigenvalue weighted by atomic mass is 32.1. The van der Waals surface area contributed by atoms with Crippen LogP contribution in [0.2, 0.25) is 0 Å². The van der Waals surface area contributed by atoms with Crippen molar-refractivity contribution in [2.45, 2.75) is 52.5 Å². The van der Waals surface area contributed by atoms with Crippen LogP contribution in [0.4, 0.5) is 0 Å². The minimum absolute atomic E-state index is 0.649. The summed E-state index contributed by atoms with van der Waals surface area (Å²) >= 11 is 1.78. The number of nitrogens with zero attached hydrogens (tertiary/aromatic N) is 3. The summed E-state index contributed by atoms with van der Waals surface area (Å²) in [5.74, 6) is 1.55. The maximum atomic E-state index is 5.59. The Bertz CT molecular complexity index is 588. The number of guanidine groups is 1. The van der Waals surface area contributed by atoms with E-state index in [1.165, 1.54) is 30.0 Å². The van der Waals surface area contributed by atoms with Gasteiger partial charge in [0.25, 0.3) is 0 Å². The Balaban J connectivity index is 1.50. The Morgan fingerprint density at radius 2 is 1.93 bits per heavy atom. The second-order valence-corrected chi connectivity index (χ2v) is 8.71. The zero-order valence-corrected chi connectivity index (χ0v) is 19.9. The third kappa shape index (κ3) is 10.2. The normalized spacial score (nSPS) is 16.2. The first kappa shape index (κ1) is 25.0. The van der Waals surface area contributed by atoms with Crippen molar-refractivity contribution in [2.24, 2.45) is 10.9 Å². The molecule has 0 atom stereocenters. The van der Waals surface area contributed by atoms with Crippen LogP contribution in [0, 0.1) is 5.92 Å². The van der Waals surface area contributed by atoms with Crippen molar-refractivity contribution in [3.63, 3.8) is 0 Å². The van der Waals surface area contributed by atoms with Crippen molar-refractivity contribution >= 4 is 17.3 Å². The van der Waals surface area contributed by atoms with Gasteiger partial charge in [-0.25, -0.2) is 4.98 Å². The van der Waals surface area contributed by atoms with Gasteiger partial charge < -0.3 is 20.1 Å². The van der Waals surface area contributed by atoms with E-state index in [4.69, 9.17) is 14.5 Å². The quantitative estimate of drug-likeness (QED) is 0.264. The number of rotatable bonds is 14. The third-order valence-electron chi connectivity index (χ3n) is 5.33. The molecule has 7 nitrogen and oxygen atoms in total. The number of likely N-dealkylation sites (tertiary alicyclic amines) is 1. The molecular formula is C22H41N5O2S. The monoisotopic (exact) mass is 439 g/mol. The average molecular weight is 440 g/mol. The molecule has 0 unspecified atom stereocenters. The second kappa shape index (κ2) is 15.6. The van der Waals surface area contributed by atoms with Gasteiger partial charge in [-0.05, 0) is 44.7 Å². The Kier molecular flexibility index (Phi) is 13.0. The molecular weight excluding hydrogens is 398 g/mol. The van der Waals surface area contributed by atoms with E-state index in [0.29, 0.717) is 25.7 Å². The molecule has 2 N–H and O–H groups in total. The van der Waals surface area contributed by atoms with Gasteiger partial charge in [0, 0.05) is 38.7 Å². The summed E-state index contributed by atoms with van der Waals surface area (Å²) in [6.45, 7) is 12.1. The lowest BCUT2D eigenvalue weighted by atomic mass is 9.97. The molecule has 8 heteroatoms. The van der Waals surface area contributed by atoms with Gasteiger partial charge in [-0.2, -0.15) is 0 Å². The lowest BCUT2D eigenvalue weighted by Crippen LogP contribution is -2.43. The fraction of sp³-hybridized carbons (Fsp3) is 0.818. The summed E-state index contributed by atoms with van der Waals surface area (Å²) in [5.41, 5.74) is 1.23. The average Bonchev–Trinajstić information content (AvgIpc) is 3.23. The molecule has 0 aromatic carbocycles. The molecule has 2 rings (SSSR count). The number of hydrogen-bond acceptors (Lipinski definition) is 6. The molecule has 1 aromatic rings. The molecule has 0 aliphatic carbocycles. The Hall–Kier alpha value is -1.22. The fourth-order valence-corrected chi connectivity index (χ4v) is 4.17. The van der Waals surface area contributed by atoms with Crippen molar-refractivity contribution in [1.82, 2.24) is 20.5 Å². The summed E-state index contributed by atoms with van der Waals surface area (Å²) < 4.78 is 11.1. The molecule has 1 fully saturated rings. The number of ether oxygens (including phenoxy) is 2. The summed E-state index contributed by atoms with van der Waals surface area (Å²) in [5, 5.41) is 10.3. The van der Waals surface area contributed by atoms with Crippen molar-refractivity contribution in [3.8, 4) is 0 Å². The first-order valence-corrected chi connectivity index (χ1v) is 12.4. The van der Waals surface area contributed by atoms with Gasteiger partial charge in [0.05, 0.1) is 30.5 Å². The number of aryl methyl sites for hydroxylation is 1. The predicted octanol–water partition coefficient (Wildman–Crippen LogP) is 2.92. The van der Waals surface area contributed by atoms with Crippen LogP contribution in [0.3, 0.4) is 0 Å². The van der Waals surface area contributed by atoms with E-state index in [-0.39, 0.29) is 0 Å². The molecule has 0 saturated carbocycles. The second-order valence-electron chi connectivity index (χ2n) is 7.76. The Labute approximate surface area is 186 Å². The van der Waals surface area contributed by atoms with Gasteiger partial charge in [-0.3, -0.25) is 9.89 Å². The fourth-order valence-electron chi connectivity index (χ4n) is 3.43. The topological polar surface area (TPSA) is 71.0 Å². The minimum Gasteiger partial charge on any atom is -0.379 e. The van der Waals surface area contributed by atoms with E-state index in [9.17, 15) is 0 Å². The largest absolute Gasteiger partial charge is 0.379 e. The molecule has 2 heterocycles. The van der Waals surface area contributed by atoms with Crippen LogP contribution in [-0.4, -0.2) is 75.5 Å². The summed E-state index contributed by atoms with van der Waals surface area (Å²) in [6.07, 6.45) is 5.76. The van der Waals surface area contributed by atoms with Gasteiger partial charge in [0.2, 0.25) is 0 Å². The molecule has 0 bridgehead atoms. The van der Waals surface area contributed by atoms with Crippen molar-refractivity contribution in [3.05, 3.63) is 16.1 Å². The van der Waals surface area contributed by atoms with Crippen LogP contribution < -0.4 is 10.6 Å².